The number of halogens is 1. The Balaban J connectivity index is 2.15. The van der Waals surface area contributed by atoms with Crippen LogP contribution in [0.3, 0.4) is 0 Å². The van der Waals surface area contributed by atoms with Crippen LogP contribution in [-0.2, 0) is 0 Å². The summed E-state index contributed by atoms with van der Waals surface area (Å²) in [4.78, 5) is 0. The second kappa shape index (κ2) is 4.42. The Morgan fingerprint density at radius 3 is 2.62 bits per heavy atom. The van der Waals surface area contributed by atoms with Gasteiger partial charge in [-0.2, -0.15) is 0 Å². The van der Waals surface area contributed by atoms with Crippen LogP contribution in [0.4, 0.5) is 0 Å². The van der Waals surface area contributed by atoms with E-state index in [9.17, 15) is 0 Å². The first-order valence-electron chi connectivity index (χ1n) is 4.85. The Labute approximate surface area is 93.6 Å². The lowest BCUT2D eigenvalue weighted by Gasteiger charge is -2.30. The molecule has 1 fully saturated rings. The highest BCUT2D eigenvalue weighted by Gasteiger charge is 2.21. The fourth-order valence-corrected chi connectivity index (χ4v) is 2.84. The van der Waals surface area contributed by atoms with Crippen LogP contribution in [0.25, 0.3) is 0 Å². The second-order valence-electron chi connectivity index (χ2n) is 3.55. The van der Waals surface area contributed by atoms with Crippen molar-refractivity contribution in [1.82, 2.24) is 3.11 Å². The Bertz CT molecular complexity index is 260. The van der Waals surface area contributed by atoms with Crippen LogP contribution in [0.1, 0.15) is 30.9 Å². The molecule has 0 amide bonds. The fourth-order valence-electron chi connectivity index (χ4n) is 1.90. The molecule has 1 heterocycles. The van der Waals surface area contributed by atoms with Crippen molar-refractivity contribution in [2.24, 2.45) is 0 Å². The maximum atomic E-state index is 2.46. The van der Waals surface area contributed by atoms with E-state index < -0.39 is 0 Å². The van der Waals surface area contributed by atoms with Crippen LogP contribution in [0, 0.1) is 0 Å². The fraction of sp³-hybridized carbons (Fsp3) is 0.455. The summed E-state index contributed by atoms with van der Waals surface area (Å²) in [6.07, 6.45) is 4.04. The molecule has 70 valence electrons. The maximum Gasteiger partial charge on any atom is 0.0443 e. The lowest BCUT2D eigenvalue weighted by atomic mass is 9.98. The van der Waals surface area contributed by atoms with Crippen molar-refractivity contribution >= 4 is 22.9 Å². The third-order valence-corrected chi connectivity index (χ3v) is 3.78. The first kappa shape index (κ1) is 9.46. The minimum absolute atomic E-state index is 0.649. The molecule has 1 saturated heterocycles. The van der Waals surface area contributed by atoms with Gasteiger partial charge in [0.2, 0.25) is 0 Å². The lowest BCUT2D eigenvalue weighted by Crippen LogP contribution is -2.24. The van der Waals surface area contributed by atoms with E-state index >= 15 is 0 Å². The molecule has 1 aromatic rings. The third-order valence-electron chi connectivity index (χ3n) is 2.62. The average molecular weight is 287 g/mol. The van der Waals surface area contributed by atoms with Gasteiger partial charge in [0, 0.05) is 35.5 Å². The summed E-state index contributed by atoms with van der Waals surface area (Å²) < 4.78 is 2.44. The second-order valence-corrected chi connectivity index (χ2v) is 4.78. The van der Waals surface area contributed by atoms with Crippen molar-refractivity contribution in [3.8, 4) is 0 Å². The zero-order valence-electron chi connectivity index (χ0n) is 7.62. The van der Waals surface area contributed by atoms with Gasteiger partial charge in [0.1, 0.15) is 0 Å². The van der Waals surface area contributed by atoms with E-state index in [4.69, 9.17) is 0 Å². The molecular weight excluding hydrogens is 273 g/mol. The Kier molecular flexibility index (Phi) is 3.22. The van der Waals surface area contributed by atoms with Gasteiger partial charge in [-0.05, 0) is 18.4 Å². The molecule has 1 aromatic carbocycles. The van der Waals surface area contributed by atoms with Crippen LogP contribution < -0.4 is 0 Å². The smallest absolute Gasteiger partial charge is 0.0443 e. The van der Waals surface area contributed by atoms with Crippen molar-refractivity contribution in [2.75, 3.05) is 6.54 Å². The molecule has 0 saturated carbocycles. The number of hydrogen-bond acceptors (Lipinski definition) is 1. The van der Waals surface area contributed by atoms with Gasteiger partial charge in [-0.1, -0.05) is 36.8 Å². The minimum atomic E-state index is 0.649. The predicted molar refractivity (Wildman–Crippen MR) is 63.8 cm³/mol. The molecule has 13 heavy (non-hydrogen) atoms. The normalized spacial score (nSPS) is 24.5. The van der Waals surface area contributed by atoms with E-state index in [2.05, 4.69) is 56.3 Å². The summed E-state index contributed by atoms with van der Waals surface area (Å²) in [5, 5.41) is 0. The van der Waals surface area contributed by atoms with Gasteiger partial charge < -0.3 is 0 Å². The van der Waals surface area contributed by atoms with E-state index in [1.165, 1.54) is 31.4 Å². The molecule has 0 aliphatic carbocycles. The first-order chi connectivity index (χ1) is 6.38. The summed E-state index contributed by atoms with van der Waals surface area (Å²) in [5.41, 5.74) is 1.47. The van der Waals surface area contributed by atoms with E-state index in [1.54, 1.807) is 0 Å². The van der Waals surface area contributed by atoms with Gasteiger partial charge in [0.25, 0.3) is 0 Å². The van der Waals surface area contributed by atoms with Gasteiger partial charge in [-0.15, -0.1) is 0 Å². The van der Waals surface area contributed by atoms with Crippen LogP contribution >= 0.6 is 22.9 Å². The average Bonchev–Trinajstić information content (AvgIpc) is 2.20. The molecule has 2 rings (SSSR count). The van der Waals surface area contributed by atoms with Gasteiger partial charge >= 0.3 is 0 Å². The van der Waals surface area contributed by atoms with Crippen molar-refractivity contribution in [2.45, 2.75) is 25.3 Å². The molecule has 0 bridgehead atoms. The summed E-state index contributed by atoms with van der Waals surface area (Å²) in [7, 11) is 0. The standard InChI is InChI=1S/C11H14IN/c12-13-9-5-4-8-11(13)10-6-2-1-3-7-10/h1-3,6-7,11H,4-5,8-9H2. The summed E-state index contributed by atoms with van der Waals surface area (Å²) >= 11 is 2.46. The molecule has 1 aliphatic heterocycles. The molecule has 1 aliphatic rings. The number of piperidine rings is 1. The number of hydrogen-bond donors (Lipinski definition) is 0. The van der Waals surface area contributed by atoms with E-state index in [0.717, 1.165) is 0 Å². The van der Waals surface area contributed by atoms with Gasteiger partial charge in [-0.3, -0.25) is 0 Å². The maximum absolute atomic E-state index is 2.46. The number of benzene rings is 1. The summed E-state index contributed by atoms with van der Waals surface area (Å²) in [6, 6.07) is 11.5. The van der Waals surface area contributed by atoms with Crippen molar-refractivity contribution in [3.63, 3.8) is 0 Å². The van der Waals surface area contributed by atoms with Crippen LogP contribution in [-0.4, -0.2) is 9.66 Å². The first-order valence-corrected chi connectivity index (χ1v) is 5.82. The van der Waals surface area contributed by atoms with E-state index in [-0.39, 0.29) is 0 Å². The molecule has 0 spiro atoms. The molecule has 1 atom stereocenters. The van der Waals surface area contributed by atoms with E-state index in [0.29, 0.717) is 6.04 Å². The number of rotatable bonds is 1. The van der Waals surface area contributed by atoms with Gasteiger partial charge in [-0.25, -0.2) is 3.11 Å². The van der Waals surface area contributed by atoms with Gasteiger partial charge in [0.05, 0.1) is 0 Å². The topological polar surface area (TPSA) is 3.24 Å². The lowest BCUT2D eigenvalue weighted by molar-refractivity contribution is 0.303. The highest BCUT2D eigenvalue weighted by atomic mass is 127. The molecule has 0 N–H and O–H groups in total. The predicted octanol–water partition coefficient (Wildman–Crippen LogP) is 3.56. The Morgan fingerprint density at radius 1 is 1.15 bits per heavy atom. The third kappa shape index (κ3) is 2.23. The summed E-state index contributed by atoms with van der Waals surface area (Å²) in [6.45, 7) is 1.24. The van der Waals surface area contributed by atoms with E-state index in [1.807, 2.05) is 0 Å². The molecule has 1 nitrogen and oxygen atoms in total. The monoisotopic (exact) mass is 287 g/mol. The quantitative estimate of drug-likeness (QED) is 0.564. The van der Waals surface area contributed by atoms with Gasteiger partial charge in [0.15, 0.2) is 0 Å². The SMILES string of the molecule is IN1CCCCC1c1ccccc1. The molecule has 0 radical (unpaired) electrons. The highest BCUT2D eigenvalue weighted by molar-refractivity contribution is 14.1. The largest absolute Gasteiger partial charge is 0.240 e. The van der Waals surface area contributed by atoms with Crippen molar-refractivity contribution in [3.05, 3.63) is 35.9 Å². The molecule has 0 aromatic heterocycles. The zero-order chi connectivity index (χ0) is 9.10. The van der Waals surface area contributed by atoms with Crippen LogP contribution in [0.15, 0.2) is 30.3 Å². The number of nitrogens with zero attached hydrogens (tertiary/aromatic N) is 1. The van der Waals surface area contributed by atoms with Crippen molar-refractivity contribution in [1.29, 1.82) is 0 Å². The molecule has 1 unspecified atom stereocenters. The minimum Gasteiger partial charge on any atom is -0.240 e. The summed E-state index contributed by atoms with van der Waals surface area (Å²) in [5.74, 6) is 0. The van der Waals surface area contributed by atoms with Crippen molar-refractivity contribution < 1.29 is 0 Å². The zero-order valence-corrected chi connectivity index (χ0v) is 9.78. The Morgan fingerprint density at radius 2 is 1.92 bits per heavy atom. The Hall–Kier alpha value is -0.0900. The highest BCUT2D eigenvalue weighted by Crippen LogP contribution is 2.32. The molecule has 2 heteroatoms. The van der Waals surface area contributed by atoms with Crippen LogP contribution in [0.2, 0.25) is 0 Å². The molecular formula is C11H14IN. The van der Waals surface area contributed by atoms with Crippen LogP contribution in [0.5, 0.6) is 0 Å².